The van der Waals surface area contributed by atoms with Crippen LogP contribution in [0.4, 0.5) is 0 Å². The van der Waals surface area contributed by atoms with Crippen molar-refractivity contribution < 1.29 is 13.0 Å². The summed E-state index contributed by atoms with van der Waals surface area (Å²) in [5.41, 5.74) is 5.52. The van der Waals surface area contributed by atoms with Crippen molar-refractivity contribution in [3.05, 3.63) is 0 Å². The summed E-state index contributed by atoms with van der Waals surface area (Å²) in [7, 11) is -4.06. The van der Waals surface area contributed by atoms with E-state index in [4.69, 9.17) is 5.73 Å². The Bertz CT molecular complexity index is 411. The van der Waals surface area contributed by atoms with Gasteiger partial charge in [0.2, 0.25) is 0 Å². The Hall–Kier alpha value is -0.130. The van der Waals surface area contributed by atoms with Crippen LogP contribution in [0.25, 0.3) is 0 Å². The fraction of sp³-hybridized carbons (Fsp3) is 1.00. The van der Waals surface area contributed by atoms with Crippen LogP contribution in [0.2, 0.25) is 0 Å². The molecule has 0 aromatic carbocycles. The molecule has 1 atom stereocenters. The number of rotatable bonds is 19. The second-order valence-electron chi connectivity index (χ2n) is 8.18. The first kappa shape index (κ1) is 25.9. The number of hydrogen-bond acceptors (Lipinski definition) is 3. The maximum atomic E-state index is 11.4. The lowest BCUT2D eigenvalue weighted by Gasteiger charge is -2.24. The highest BCUT2D eigenvalue weighted by Gasteiger charge is 2.35. The van der Waals surface area contributed by atoms with E-state index in [0.29, 0.717) is 6.42 Å². The minimum Gasteiger partial charge on any atom is -0.329 e. The van der Waals surface area contributed by atoms with E-state index in [1.807, 2.05) is 0 Å². The highest BCUT2D eigenvalue weighted by Crippen LogP contribution is 2.23. The molecular weight excluding hydrogens is 346 g/mol. The SMILES string of the molecule is CCCCCCCCCCCCCCCCCCC(C)(CN)S(=O)(=O)O. The van der Waals surface area contributed by atoms with Gasteiger partial charge in [-0.15, -0.1) is 0 Å². The molecule has 0 bridgehead atoms. The van der Waals surface area contributed by atoms with Crippen LogP contribution in [0.5, 0.6) is 0 Å². The van der Waals surface area contributed by atoms with Crippen LogP contribution in [0.3, 0.4) is 0 Å². The lowest BCUT2D eigenvalue weighted by Crippen LogP contribution is -2.42. The van der Waals surface area contributed by atoms with Gasteiger partial charge in [-0.2, -0.15) is 8.42 Å². The first-order chi connectivity index (χ1) is 12.4. The van der Waals surface area contributed by atoms with E-state index in [2.05, 4.69) is 6.92 Å². The minimum atomic E-state index is -4.06. The summed E-state index contributed by atoms with van der Waals surface area (Å²) in [4.78, 5) is 0. The molecule has 0 fully saturated rings. The summed E-state index contributed by atoms with van der Waals surface area (Å²) >= 11 is 0. The molecule has 0 heterocycles. The smallest absolute Gasteiger partial charge is 0.271 e. The van der Waals surface area contributed by atoms with Crippen molar-refractivity contribution >= 4 is 10.1 Å². The molecule has 1 unspecified atom stereocenters. The van der Waals surface area contributed by atoms with E-state index in [9.17, 15) is 13.0 Å². The van der Waals surface area contributed by atoms with E-state index in [1.165, 1.54) is 90.4 Å². The Kier molecular flexibility index (Phi) is 15.8. The fourth-order valence-electron chi connectivity index (χ4n) is 3.38. The van der Waals surface area contributed by atoms with Gasteiger partial charge < -0.3 is 5.73 Å². The molecule has 0 aliphatic carbocycles. The molecule has 0 aromatic rings. The average Bonchev–Trinajstić information content (AvgIpc) is 2.60. The van der Waals surface area contributed by atoms with Gasteiger partial charge in [-0.1, -0.05) is 110 Å². The molecule has 0 saturated heterocycles. The lowest BCUT2D eigenvalue weighted by atomic mass is 10.0. The quantitative estimate of drug-likeness (QED) is 0.202. The molecule has 0 saturated carbocycles. The van der Waals surface area contributed by atoms with Crippen LogP contribution >= 0.6 is 0 Å². The first-order valence-corrected chi connectivity index (χ1v) is 12.5. The van der Waals surface area contributed by atoms with Crippen LogP contribution in [-0.2, 0) is 10.1 Å². The predicted octanol–water partition coefficient (Wildman–Crippen LogP) is 6.24. The van der Waals surface area contributed by atoms with Crippen LogP contribution in [0, 0.1) is 0 Å². The van der Waals surface area contributed by atoms with Crippen molar-refractivity contribution in [2.24, 2.45) is 5.73 Å². The second kappa shape index (κ2) is 15.9. The van der Waals surface area contributed by atoms with Gasteiger partial charge in [0.05, 0.1) is 0 Å². The molecule has 0 aliphatic rings. The molecule has 0 spiro atoms. The zero-order valence-corrected chi connectivity index (χ0v) is 18.3. The molecule has 0 radical (unpaired) electrons. The van der Waals surface area contributed by atoms with Crippen molar-refractivity contribution in [3.63, 3.8) is 0 Å². The zero-order valence-electron chi connectivity index (χ0n) is 17.5. The standard InChI is InChI=1S/C21H45NO3S/c1-3-4-5-6-7-8-9-10-11-12-13-14-15-16-17-18-19-21(2,20-22)26(23,24)25/h3-20,22H2,1-2H3,(H,23,24,25). The van der Waals surface area contributed by atoms with Gasteiger partial charge in [0, 0.05) is 6.54 Å². The Morgan fingerprint density at radius 1 is 0.692 bits per heavy atom. The summed E-state index contributed by atoms with van der Waals surface area (Å²) in [6.45, 7) is 3.78. The monoisotopic (exact) mass is 391 g/mol. The second-order valence-corrected chi connectivity index (χ2v) is 10.1. The van der Waals surface area contributed by atoms with E-state index in [1.54, 1.807) is 0 Å². The number of hydrogen-bond donors (Lipinski definition) is 2. The Morgan fingerprint density at radius 2 is 1.00 bits per heavy atom. The van der Waals surface area contributed by atoms with E-state index >= 15 is 0 Å². The molecule has 0 rings (SSSR count). The van der Waals surface area contributed by atoms with Gasteiger partial charge in [0.15, 0.2) is 0 Å². The van der Waals surface area contributed by atoms with Gasteiger partial charge in [0.25, 0.3) is 10.1 Å². The molecule has 158 valence electrons. The Morgan fingerprint density at radius 3 is 1.27 bits per heavy atom. The summed E-state index contributed by atoms with van der Waals surface area (Å²) in [6.07, 6.45) is 21.1. The minimum absolute atomic E-state index is 0.0232. The largest absolute Gasteiger partial charge is 0.329 e. The van der Waals surface area contributed by atoms with E-state index in [0.717, 1.165) is 19.3 Å². The van der Waals surface area contributed by atoms with E-state index < -0.39 is 14.9 Å². The summed E-state index contributed by atoms with van der Waals surface area (Å²) in [5, 5.41) is 0. The highest BCUT2D eigenvalue weighted by molar-refractivity contribution is 7.87. The molecule has 3 N–H and O–H groups in total. The number of unbranched alkanes of at least 4 members (excludes halogenated alkanes) is 15. The van der Waals surface area contributed by atoms with Crippen molar-refractivity contribution in [3.8, 4) is 0 Å². The van der Waals surface area contributed by atoms with Crippen molar-refractivity contribution in [1.29, 1.82) is 0 Å². The third kappa shape index (κ3) is 13.1. The summed E-state index contributed by atoms with van der Waals surface area (Å²) < 4.78 is 30.8. The van der Waals surface area contributed by atoms with Crippen LogP contribution in [0.15, 0.2) is 0 Å². The van der Waals surface area contributed by atoms with E-state index in [-0.39, 0.29) is 6.54 Å². The van der Waals surface area contributed by atoms with Crippen LogP contribution in [-0.4, -0.2) is 24.3 Å². The molecular formula is C21H45NO3S. The lowest BCUT2D eigenvalue weighted by molar-refractivity contribution is 0.412. The normalized spacial score (nSPS) is 14.5. The van der Waals surface area contributed by atoms with Gasteiger partial charge in [0.1, 0.15) is 4.75 Å². The predicted molar refractivity (Wildman–Crippen MR) is 113 cm³/mol. The molecule has 4 nitrogen and oxygen atoms in total. The maximum absolute atomic E-state index is 11.4. The van der Waals surface area contributed by atoms with Crippen molar-refractivity contribution in [1.82, 2.24) is 0 Å². The number of nitrogens with two attached hydrogens (primary N) is 1. The van der Waals surface area contributed by atoms with Gasteiger partial charge in [-0.05, 0) is 13.3 Å². The topological polar surface area (TPSA) is 80.4 Å². The Labute approximate surface area is 163 Å². The van der Waals surface area contributed by atoms with Gasteiger partial charge >= 0.3 is 0 Å². The molecule has 0 aliphatic heterocycles. The molecule has 0 aromatic heterocycles. The third-order valence-electron chi connectivity index (χ3n) is 5.61. The van der Waals surface area contributed by atoms with Crippen molar-refractivity contribution in [2.45, 2.75) is 128 Å². The van der Waals surface area contributed by atoms with Crippen molar-refractivity contribution in [2.75, 3.05) is 6.54 Å². The third-order valence-corrected chi connectivity index (χ3v) is 7.23. The average molecular weight is 392 g/mol. The molecule has 26 heavy (non-hydrogen) atoms. The fourth-order valence-corrected chi connectivity index (χ4v) is 4.00. The first-order valence-electron chi connectivity index (χ1n) is 11.0. The zero-order chi connectivity index (χ0) is 19.7. The van der Waals surface area contributed by atoms with Crippen LogP contribution in [0.1, 0.15) is 123 Å². The maximum Gasteiger partial charge on any atom is 0.271 e. The highest BCUT2D eigenvalue weighted by atomic mass is 32.2. The summed E-state index contributed by atoms with van der Waals surface area (Å²) in [5.74, 6) is 0. The Balaban J connectivity index is 3.34. The molecule has 5 heteroatoms. The van der Waals surface area contributed by atoms with Gasteiger partial charge in [-0.3, -0.25) is 4.55 Å². The molecule has 0 amide bonds. The summed E-state index contributed by atoms with van der Waals surface area (Å²) in [6, 6.07) is 0. The van der Waals surface area contributed by atoms with Crippen LogP contribution < -0.4 is 5.73 Å². The van der Waals surface area contributed by atoms with Gasteiger partial charge in [-0.25, -0.2) is 0 Å².